The number of aliphatic hydroxyl groups is 1. The monoisotopic (exact) mass is 734 g/mol. The van der Waals surface area contributed by atoms with Crippen molar-refractivity contribution in [3.63, 3.8) is 0 Å². The van der Waals surface area contributed by atoms with Gasteiger partial charge in [-0.2, -0.15) is 0 Å². The first-order valence-corrected chi connectivity index (χ1v) is 16.0. The number of nitrogens with one attached hydrogen (secondary N) is 1. The number of hydrogen-bond acceptors (Lipinski definition) is 5. The predicted octanol–water partition coefficient (Wildman–Crippen LogP) is 8.64. The van der Waals surface area contributed by atoms with Gasteiger partial charge in [-0.05, 0) is 65.7 Å². The largest absolute Gasteiger partial charge is 0.494 e. The Kier molecular flexibility index (Phi) is 10.8. The lowest BCUT2D eigenvalue weighted by atomic mass is 9.82. The molecule has 1 amide bonds. The topological polar surface area (TPSA) is 80.2 Å². The summed E-state index contributed by atoms with van der Waals surface area (Å²) in [6.45, 7) is 0.568. The van der Waals surface area contributed by atoms with Crippen LogP contribution in [0.25, 0.3) is 0 Å². The van der Waals surface area contributed by atoms with Gasteiger partial charge in [0, 0.05) is 61.7 Å². The highest BCUT2D eigenvalue weighted by atomic mass is 79.9. The maximum atomic E-state index is 14.5. The zero-order chi connectivity index (χ0) is 31.3. The molecule has 2 N–H and O–H groups in total. The van der Waals surface area contributed by atoms with E-state index in [2.05, 4.69) is 21.2 Å². The molecule has 1 aliphatic rings. The highest BCUT2D eigenvalue weighted by Crippen LogP contribution is 2.45. The Hall–Kier alpha value is -2.78. The number of aliphatic imine (C=N–C) groups is 1. The fourth-order valence-corrected chi connectivity index (χ4v) is 6.31. The average Bonchev–Trinajstić information content (AvgIpc) is 3.38. The van der Waals surface area contributed by atoms with E-state index >= 15 is 0 Å². The Labute approximate surface area is 284 Å². The third-order valence-electron chi connectivity index (χ3n) is 7.15. The van der Waals surface area contributed by atoms with E-state index in [4.69, 9.17) is 66.0 Å². The highest BCUT2D eigenvalue weighted by Gasteiger charge is 2.54. The molecule has 4 aromatic rings. The molecule has 0 spiro atoms. The molecule has 0 saturated heterocycles. The second-order valence-electron chi connectivity index (χ2n) is 10.1. The number of halogens is 5. The number of rotatable bonds is 11. The molecule has 0 saturated carbocycles. The van der Waals surface area contributed by atoms with E-state index in [1.807, 2.05) is 36.4 Å². The molecule has 6 nitrogen and oxygen atoms in total. The van der Waals surface area contributed by atoms with Crippen LogP contribution in [-0.2, 0) is 22.5 Å². The van der Waals surface area contributed by atoms with Crippen molar-refractivity contribution in [1.82, 2.24) is 5.32 Å². The van der Waals surface area contributed by atoms with Crippen molar-refractivity contribution in [1.29, 1.82) is 0 Å². The van der Waals surface area contributed by atoms with Crippen LogP contribution in [0, 0.1) is 0 Å². The smallest absolute Gasteiger partial charge is 0.252 e. The molecule has 5 rings (SSSR count). The quantitative estimate of drug-likeness (QED) is 0.151. The van der Waals surface area contributed by atoms with Gasteiger partial charge < -0.3 is 19.9 Å². The van der Waals surface area contributed by atoms with E-state index in [9.17, 15) is 4.79 Å². The van der Waals surface area contributed by atoms with Gasteiger partial charge in [-0.3, -0.25) is 4.79 Å². The number of carbonyl (C=O) groups excluding carboxylic acids is 1. The van der Waals surface area contributed by atoms with Crippen molar-refractivity contribution in [3.8, 4) is 5.75 Å². The van der Waals surface area contributed by atoms with Crippen LogP contribution in [0.15, 0.2) is 94.4 Å². The second-order valence-corrected chi connectivity index (χ2v) is 12.7. The number of amides is 1. The van der Waals surface area contributed by atoms with Gasteiger partial charge in [-0.25, -0.2) is 4.99 Å². The molecule has 0 bridgehead atoms. The molecule has 0 aliphatic carbocycles. The third kappa shape index (κ3) is 7.36. The summed E-state index contributed by atoms with van der Waals surface area (Å²) in [5, 5.41) is 13.8. The van der Waals surface area contributed by atoms with Crippen LogP contribution in [0.2, 0.25) is 20.1 Å². The summed E-state index contributed by atoms with van der Waals surface area (Å²) < 4.78 is 13.1. The van der Waals surface area contributed by atoms with Gasteiger partial charge in [-0.15, -0.1) is 0 Å². The van der Waals surface area contributed by atoms with Crippen molar-refractivity contribution in [2.75, 3.05) is 13.2 Å². The summed E-state index contributed by atoms with van der Waals surface area (Å²) in [6.07, 6.45) is -0.199. The lowest BCUT2D eigenvalue weighted by Gasteiger charge is -2.31. The second kappa shape index (κ2) is 14.5. The first kappa shape index (κ1) is 32.6. The van der Waals surface area contributed by atoms with Gasteiger partial charge in [0.05, 0.1) is 6.61 Å². The normalized spacial score (nSPS) is 17.6. The Morgan fingerprint density at radius 3 is 2.32 bits per heavy atom. The van der Waals surface area contributed by atoms with Crippen molar-refractivity contribution in [2.45, 2.75) is 31.0 Å². The van der Waals surface area contributed by atoms with E-state index in [0.717, 1.165) is 10.0 Å². The van der Waals surface area contributed by atoms with E-state index < -0.39 is 11.6 Å². The maximum absolute atomic E-state index is 14.5. The Bertz CT molecular complexity index is 1690. The summed E-state index contributed by atoms with van der Waals surface area (Å²) in [5.74, 6) is 0.527. The van der Waals surface area contributed by atoms with Crippen molar-refractivity contribution in [2.24, 2.45) is 4.99 Å². The van der Waals surface area contributed by atoms with E-state index in [1.165, 1.54) is 0 Å². The Morgan fingerprint density at radius 1 is 0.932 bits per heavy atom. The van der Waals surface area contributed by atoms with Crippen LogP contribution in [0.5, 0.6) is 5.75 Å². The molecule has 0 unspecified atom stereocenters. The molecular weight excluding hydrogens is 710 g/mol. The fraction of sp³-hybridized carbons (Fsp3) is 0.212. The van der Waals surface area contributed by atoms with Crippen LogP contribution in [-0.4, -0.2) is 35.7 Å². The maximum Gasteiger partial charge on any atom is 0.252 e. The molecule has 0 fully saturated rings. The molecule has 4 aromatic carbocycles. The predicted molar refractivity (Wildman–Crippen MR) is 179 cm³/mol. The summed E-state index contributed by atoms with van der Waals surface area (Å²) in [5.41, 5.74) is 1.28. The van der Waals surface area contributed by atoms with Crippen molar-refractivity contribution >= 4 is 74.1 Å². The number of nitrogens with zero attached hydrogens (tertiary/aromatic N) is 1. The van der Waals surface area contributed by atoms with Gasteiger partial charge in [0.1, 0.15) is 5.75 Å². The molecule has 0 radical (unpaired) electrons. The Balaban J connectivity index is 1.59. The van der Waals surface area contributed by atoms with Gasteiger partial charge in [-0.1, -0.05) is 92.7 Å². The standard InChI is InChI=1S/C33H27BrCl4N2O4/c34-27-5-2-1-4-21(27)18-33(32(42)39-19-22-6-9-23(35)16-28(22)37)30(26-13-10-24(36)17-29(26)38)44-31(40-33)20-7-11-25(12-8-20)43-15-3-14-41/h1-2,4-13,16-17,30,41H,3,14-15,18-19H2,(H,39,42)/t30-,33-/m1/s1. The number of ether oxygens (including phenoxy) is 2. The number of carbonyl (C=O) groups is 1. The van der Waals surface area contributed by atoms with Crippen molar-refractivity contribution in [3.05, 3.63) is 132 Å². The molecule has 11 heteroatoms. The van der Waals surface area contributed by atoms with E-state index in [-0.39, 0.29) is 31.4 Å². The molecule has 1 heterocycles. The average molecular weight is 737 g/mol. The first-order valence-electron chi connectivity index (χ1n) is 13.7. The first-order chi connectivity index (χ1) is 21.2. The number of aliphatic hydroxyl groups excluding tert-OH is 1. The Morgan fingerprint density at radius 2 is 1.64 bits per heavy atom. The van der Waals surface area contributed by atoms with Crippen LogP contribution >= 0.6 is 62.3 Å². The molecular formula is C33H27BrCl4N2O4. The minimum absolute atomic E-state index is 0.0449. The number of hydrogen-bond donors (Lipinski definition) is 2. The summed E-state index contributed by atoms with van der Waals surface area (Å²) in [7, 11) is 0. The highest BCUT2D eigenvalue weighted by molar-refractivity contribution is 9.10. The van der Waals surface area contributed by atoms with Crippen molar-refractivity contribution < 1.29 is 19.4 Å². The molecule has 44 heavy (non-hydrogen) atoms. The fourth-order valence-electron chi connectivity index (χ4n) is 4.90. The molecule has 0 aromatic heterocycles. The van der Waals surface area contributed by atoms with Gasteiger partial charge >= 0.3 is 0 Å². The van der Waals surface area contributed by atoms with Crippen LogP contribution in [0.4, 0.5) is 0 Å². The molecule has 1 aliphatic heterocycles. The number of benzene rings is 4. The van der Waals surface area contributed by atoms with Gasteiger partial charge in [0.25, 0.3) is 5.91 Å². The summed E-state index contributed by atoms with van der Waals surface area (Å²) in [6, 6.07) is 25.0. The minimum atomic E-state index is -1.48. The van der Waals surface area contributed by atoms with Gasteiger partial charge in [0.15, 0.2) is 11.6 Å². The molecule has 228 valence electrons. The summed E-state index contributed by atoms with van der Waals surface area (Å²) >= 11 is 29.1. The van der Waals surface area contributed by atoms with Gasteiger partial charge in [0.2, 0.25) is 5.90 Å². The lowest BCUT2D eigenvalue weighted by molar-refractivity contribution is -0.129. The lowest BCUT2D eigenvalue weighted by Crippen LogP contribution is -2.49. The van der Waals surface area contributed by atoms with Crippen LogP contribution in [0.3, 0.4) is 0 Å². The zero-order valence-electron chi connectivity index (χ0n) is 23.2. The SMILES string of the molecule is O=C(NCc1ccc(Cl)cc1Cl)[C@]1(Cc2ccccc2Br)N=C(c2ccc(OCCCO)cc2)O[C@@H]1c1ccc(Cl)cc1Cl. The summed E-state index contributed by atoms with van der Waals surface area (Å²) in [4.78, 5) is 19.5. The molecule has 2 atom stereocenters. The van der Waals surface area contributed by atoms with E-state index in [1.54, 1.807) is 48.5 Å². The van der Waals surface area contributed by atoms with Crippen LogP contribution in [0.1, 0.15) is 34.8 Å². The van der Waals surface area contributed by atoms with Crippen LogP contribution < -0.4 is 10.1 Å². The minimum Gasteiger partial charge on any atom is -0.494 e. The zero-order valence-corrected chi connectivity index (χ0v) is 27.8. The third-order valence-corrected chi connectivity index (χ3v) is 9.07. The van der Waals surface area contributed by atoms with E-state index in [0.29, 0.717) is 55.6 Å².